The molecular formula is C13H18N4O. The lowest BCUT2D eigenvalue weighted by Crippen LogP contribution is -2.11. The van der Waals surface area contributed by atoms with Crippen LogP contribution in [0.25, 0.3) is 11.4 Å². The van der Waals surface area contributed by atoms with Gasteiger partial charge in [0, 0.05) is 25.3 Å². The van der Waals surface area contributed by atoms with Gasteiger partial charge in [0.15, 0.2) is 0 Å². The Morgan fingerprint density at radius 1 is 1.22 bits per heavy atom. The highest BCUT2D eigenvalue weighted by molar-refractivity contribution is 5.75. The van der Waals surface area contributed by atoms with Crippen molar-refractivity contribution in [2.45, 2.75) is 20.4 Å². The van der Waals surface area contributed by atoms with Crippen LogP contribution in [0.1, 0.15) is 17.0 Å². The topological polar surface area (TPSA) is 68.2 Å². The van der Waals surface area contributed by atoms with E-state index in [4.69, 9.17) is 10.3 Å². The van der Waals surface area contributed by atoms with E-state index in [2.05, 4.69) is 36.1 Å². The molecule has 0 bridgehead atoms. The van der Waals surface area contributed by atoms with Crippen LogP contribution >= 0.6 is 0 Å². The molecule has 2 N–H and O–H groups in total. The number of nitrogens with two attached hydrogens (primary N) is 1. The van der Waals surface area contributed by atoms with Gasteiger partial charge in [-0.25, -0.2) is 0 Å². The van der Waals surface area contributed by atoms with Gasteiger partial charge in [-0.15, -0.1) is 0 Å². The summed E-state index contributed by atoms with van der Waals surface area (Å²) in [6.45, 7) is 4.42. The minimum Gasteiger partial charge on any atom is -0.377 e. The Bertz CT molecular complexity index is 560. The van der Waals surface area contributed by atoms with Gasteiger partial charge in [0.25, 0.3) is 0 Å². The summed E-state index contributed by atoms with van der Waals surface area (Å²) in [5, 5.41) is 3.98. The molecule has 0 aliphatic carbocycles. The maximum absolute atomic E-state index is 5.49. The number of rotatable bonds is 3. The Morgan fingerprint density at radius 3 is 2.44 bits per heavy atom. The van der Waals surface area contributed by atoms with Crippen molar-refractivity contribution < 1.29 is 4.52 Å². The fraction of sp³-hybridized carbons (Fsp3) is 0.385. The normalized spacial score (nSPS) is 10.7. The molecule has 0 saturated heterocycles. The van der Waals surface area contributed by atoms with E-state index < -0.39 is 0 Å². The first-order chi connectivity index (χ1) is 8.52. The molecule has 1 aromatic heterocycles. The molecule has 0 atom stereocenters. The molecule has 0 fully saturated rings. The van der Waals surface area contributed by atoms with E-state index in [1.807, 2.05) is 19.0 Å². The van der Waals surface area contributed by atoms with E-state index in [1.165, 1.54) is 11.1 Å². The van der Waals surface area contributed by atoms with Gasteiger partial charge < -0.3 is 15.2 Å². The number of hydrogen-bond acceptors (Lipinski definition) is 5. The quantitative estimate of drug-likeness (QED) is 0.895. The van der Waals surface area contributed by atoms with Gasteiger partial charge >= 0.3 is 0 Å². The van der Waals surface area contributed by atoms with Gasteiger partial charge in [-0.3, -0.25) is 0 Å². The summed E-state index contributed by atoms with van der Waals surface area (Å²) in [7, 11) is 4.00. The lowest BCUT2D eigenvalue weighted by atomic mass is 10.0. The van der Waals surface area contributed by atoms with Gasteiger partial charge in [-0.05, 0) is 37.1 Å². The van der Waals surface area contributed by atoms with Crippen LogP contribution in [0.2, 0.25) is 0 Å². The molecular weight excluding hydrogens is 228 g/mol. The summed E-state index contributed by atoms with van der Waals surface area (Å²) in [6, 6.07) is 4.21. The molecule has 5 nitrogen and oxygen atoms in total. The smallest absolute Gasteiger partial charge is 0.240 e. The first-order valence-corrected chi connectivity index (χ1v) is 5.84. The largest absolute Gasteiger partial charge is 0.377 e. The van der Waals surface area contributed by atoms with Gasteiger partial charge in [0.2, 0.25) is 11.7 Å². The third kappa shape index (κ3) is 2.22. The summed E-state index contributed by atoms with van der Waals surface area (Å²) in [5.41, 5.74) is 9.97. The Balaban J connectivity index is 2.58. The lowest BCUT2D eigenvalue weighted by Gasteiger charge is -2.17. The zero-order chi connectivity index (χ0) is 13.3. The van der Waals surface area contributed by atoms with Crippen LogP contribution in [0.5, 0.6) is 0 Å². The van der Waals surface area contributed by atoms with E-state index in [0.717, 1.165) is 11.3 Å². The standard InChI is InChI=1S/C13H18N4O/c1-8-5-10(11(17(3)4)6-9(8)2)13-15-12(7-14)18-16-13/h5-6H,7,14H2,1-4H3. The third-order valence-corrected chi connectivity index (χ3v) is 2.98. The highest BCUT2D eigenvalue weighted by Gasteiger charge is 2.14. The first-order valence-electron chi connectivity index (χ1n) is 5.84. The molecule has 0 amide bonds. The predicted octanol–water partition coefficient (Wildman–Crippen LogP) is 1.88. The molecule has 96 valence electrons. The van der Waals surface area contributed by atoms with E-state index >= 15 is 0 Å². The summed E-state index contributed by atoms with van der Waals surface area (Å²) in [6.07, 6.45) is 0. The number of aryl methyl sites for hydroxylation is 2. The molecule has 0 spiro atoms. The van der Waals surface area contributed by atoms with Gasteiger partial charge in [0.1, 0.15) is 0 Å². The first kappa shape index (κ1) is 12.6. The van der Waals surface area contributed by atoms with E-state index in [-0.39, 0.29) is 6.54 Å². The number of aromatic nitrogens is 2. The molecule has 1 aromatic carbocycles. The van der Waals surface area contributed by atoms with Crippen molar-refractivity contribution >= 4 is 5.69 Å². The number of anilines is 1. The third-order valence-electron chi connectivity index (χ3n) is 2.98. The fourth-order valence-electron chi connectivity index (χ4n) is 1.80. The average molecular weight is 246 g/mol. The highest BCUT2D eigenvalue weighted by atomic mass is 16.5. The Morgan fingerprint density at radius 2 is 1.89 bits per heavy atom. The van der Waals surface area contributed by atoms with Crippen molar-refractivity contribution in [2.24, 2.45) is 5.73 Å². The molecule has 5 heteroatoms. The van der Waals surface area contributed by atoms with Crippen LogP contribution in [-0.2, 0) is 6.54 Å². The highest BCUT2D eigenvalue weighted by Crippen LogP contribution is 2.30. The maximum Gasteiger partial charge on any atom is 0.240 e. The molecule has 0 radical (unpaired) electrons. The predicted molar refractivity (Wildman–Crippen MR) is 71.4 cm³/mol. The van der Waals surface area contributed by atoms with Crippen LogP contribution in [0, 0.1) is 13.8 Å². The van der Waals surface area contributed by atoms with Gasteiger partial charge in [0.05, 0.1) is 6.54 Å². The summed E-state index contributed by atoms with van der Waals surface area (Å²) in [5.74, 6) is 1.04. The number of nitrogens with zero attached hydrogens (tertiary/aromatic N) is 3. The summed E-state index contributed by atoms with van der Waals surface area (Å²) >= 11 is 0. The molecule has 18 heavy (non-hydrogen) atoms. The average Bonchev–Trinajstić information content (AvgIpc) is 2.80. The maximum atomic E-state index is 5.49. The van der Waals surface area contributed by atoms with Crippen LogP contribution in [0.3, 0.4) is 0 Å². The zero-order valence-electron chi connectivity index (χ0n) is 11.2. The Kier molecular flexibility index (Phi) is 3.34. The van der Waals surface area contributed by atoms with Crippen molar-refractivity contribution in [2.75, 3.05) is 19.0 Å². The molecule has 0 saturated carbocycles. The van der Waals surface area contributed by atoms with Crippen LogP contribution < -0.4 is 10.6 Å². The van der Waals surface area contributed by atoms with Gasteiger partial charge in [-0.2, -0.15) is 4.98 Å². The van der Waals surface area contributed by atoms with Crippen molar-refractivity contribution in [1.82, 2.24) is 10.1 Å². The van der Waals surface area contributed by atoms with Crippen LogP contribution in [-0.4, -0.2) is 24.2 Å². The van der Waals surface area contributed by atoms with E-state index in [9.17, 15) is 0 Å². The Labute approximate surface area is 107 Å². The number of benzene rings is 1. The molecule has 2 rings (SSSR count). The minimum atomic E-state index is 0.259. The molecule has 0 aliphatic rings. The second-order valence-corrected chi connectivity index (χ2v) is 4.56. The van der Waals surface area contributed by atoms with E-state index in [0.29, 0.717) is 11.7 Å². The monoisotopic (exact) mass is 246 g/mol. The lowest BCUT2D eigenvalue weighted by molar-refractivity contribution is 0.380. The van der Waals surface area contributed by atoms with E-state index in [1.54, 1.807) is 0 Å². The van der Waals surface area contributed by atoms with Crippen molar-refractivity contribution in [1.29, 1.82) is 0 Å². The second kappa shape index (κ2) is 4.78. The van der Waals surface area contributed by atoms with Crippen molar-refractivity contribution in [3.63, 3.8) is 0 Å². The zero-order valence-corrected chi connectivity index (χ0v) is 11.2. The molecule has 1 heterocycles. The number of hydrogen-bond donors (Lipinski definition) is 1. The Hall–Kier alpha value is -1.88. The summed E-state index contributed by atoms with van der Waals surface area (Å²) in [4.78, 5) is 6.33. The second-order valence-electron chi connectivity index (χ2n) is 4.56. The summed E-state index contributed by atoms with van der Waals surface area (Å²) < 4.78 is 5.07. The van der Waals surface area contributed by atoms with Crippen molar-refractivity contribution in [3.05, 3.63) is 29.2 Å². The fourth-order valence-corrected chi connectivity index (χ4v) is 1.80. The minimum absolute atomic E-state index is 0.259. The SMILES string of the molecule is Cc1cc(-c2noc(CN)n2)c(N(C)C)cc1C. The molecule has 0 aliphatic heterocycles. The van der Waals surface area contributed by atoms with Gasteiger partial charge in [-0.1, -0.05) is 5.16 Å². The van der Waals surface area contributed by atoms with Crippen LogP contribution in [0.4, 0.5) is 5.69 Å². The van der Waals surface area contributed by atoms with Crippen LogP contribution in [0.15, 0.2) is 16.7 Å². The van der Waals surface area contributed by atoms with Crippen molar-refractivity contribution in [3.8, 4) is 11.4 Å². The molecule has 0 unspecified atom stereocenters. The molecule has 2 aromatic rings.